The van der Waals surface area contributed by atoms with Crippen molar-refractivity contribution in [2.24, 2.45) is 5.92 Å². The summed E-state index contributed by atoms with van der Waals surface area (Å²) < 4.78 is 5.98. The van der Waals surface area contributed by atoms with Gasteiger partial charge in [0, 0.05) is 5.39 Å². The molecule has 19 heavy (non-hydrogen) atoms. The van der Waals surface area contributed by atoms with Crippen LogP contribution in [0, 0.1) is 5.92 Å². The highest BCUT2D eigenvalue weighted by atomic mass is 35.5. The number of rotatable bonds is 4. The van der Waals surface area contributed by atoms with E-state index in [1.54, 1.807) is 0 Å². The number of fused-ring (bicyclic) bond motifs is 1. The summed E-state index contributed by atoms with van der Waals surface area (Å²) in [6.07, 6.45) is 5.24. The minimum atomic E-state index is 0.421. The quantitative estimate of drug-likeness (QED) is 0.764. The van der Waals surface area contributed by atoms with E-state index in [-0.39, 0.29) is 0 Å². The zero-order chi connectivity index (χ0) is 13.1. The van der Waals surface area contributed by atoms with Crippen LogP contribution in [0.5, 0.6) is 5.88 Å². The minimum absolute atomic E-state index is 0.421. The van der Waals surface area contributed by atoms with E-state index in [1.807, 2.05) is 18.2 Å². The maximum atomic E-state index is 5.98. The van der Waals surface area contributed by atoms with Gasteiger partial charge in [-0.25, -0.2) is 4.98 Å². The number of hydrogen-bond acceptors (Lipinski definition) is 2. The van der Waals surface area contributed by atoms with Gasteiger partial charge in [-0.15, -0.1) is 11.6 Å². The summed E-state index contributed by atoms with van der Waals surface area (Å²) in [4.78, 5) is 4.53. The van der Waals surface area contributed by atoms with Crippen LogP contribution in [-0.4, -0.2) is 11.6 Å². The molecule has 0 atom stereocenters. The van der Waals surface area contributed by atoms with Crippen molar-refractivity contribution < 1.29 is 4.74 Å². The number of alkyl halides is 1. The Kier molecular flexibility index (Phi) is 3.88. The molecule has 1 saturated carbocycles. The average molecular weight is 276 g/mol. The molecule has 0 aliphatic heterocycles. The summed E-state index contributed by atoms with van der Waals surface area (Å²) in [7, 11) is 0. The maximum Gasteiger partial charge on any atom is 0.221 e. The van der Waals surface area contributed by atoms with Gasteiger partial charge < -0.3 is 4.74 Å². The molecular weight excluding hydrogens is 258 g/mol. The Bertz CT molecular complexity index is 564. The molecule has 1 aromatic heterocycles. The van der Waals surface area contributed by atoms with Crippen molar-refractivity contribution in [3.63, 3.8) is 0 Å². The lowest BCUT2D eigenvalue weighted by molar-refractivity contribution is 0.246. The molecule has 3 heteroatoms. The molecule has 0 radical (unpaired) electrons. The summed E-state index contributed by atoms with van der Waals surface area (Å²) in [5, 5.41) is 2.23. The predicted molar refractivity (Wildman–Crippen MR) is 78.8 cm³/mol. The molecule has 0 N–H and O–H groups in total. The van der Waals surface area contributed by atoms with Crippen molar-refractivity contribution in [1.82, 2.24) is 4.98 Å². The number of ether oxygens (including phenoxy) is 1. The van der Waals surface area contributed by atoms with Gasteiger partial charge >= 0.3 is 0 Å². The third kappa shape index (κ3) is 2.84. The zero-order valence-electron chi connectivity index (χ0n) is 10.9. The molecule has 0 bridgehead atoms. The van der Waals surface area contributed by atoms with E-state index in [0.717, 1.165) is 29.0 Å². The number of nitrogens with zero attached hydrogens (tertiary/aromatic N) is 1. The van der Waals surface area contributed by atoms with Crippen LogP contribution in [0.1, 0.15) is 31.4 Å². The van der Waals surface area contributed by atoms with Crippen molar-refractivity contribution in [3.8, 4) is 5.88 Å². The smallest absolute Gasteiger partial charge is 0.221 e. The first-order chi connectivity index (χ1) is 9.36. The molecule has 2 nitrogen and oxygen atoms in total. The molecule has 1 fully saturated rings. The lowest BCUT2D eigenvalue weighted by atomic mass is 10.1. The number of hydrogen-bond donors (Lipinski definition) is 0. The first-order valence-corrected chi connectivity index (χ1v) is 7.47. The molecule has 0 amide bonds. The standard InChI is InChI=1S/C16H18ClNO/c17-10-14-9-13-7-3-4-8-15(13)16(18-14)19-11-12-5-1-2-6-12/h3-4,7-9,12H,1-2,5-6,10-11H2. The summed E-state index contributed by atoms with van der Waals surface area (Å²) in [5.41, 5.74) is 0.877. The molecule has 1 aliphatic carbocycles. The van der Waals surface area contributed by atoms with E-state index in [1.165, 1.54) is 25.7 Å². The van der Waals surface area contributed by atoms with E-state index in [4.69, 9.17) is 16.3 Å². The normalized spacial score (nSPS) is 16.1. The fourth-order valence-corrected chi connectivity index (χ4v) is 2.91. The van der Waals surface area contributed by atoms with Gasteiger partial charge in [0.25, 0.3) is 0 Å². The van der Waals surface area contributed by atoms with Crippen LogP contribution < -0.4 is 4.74 Å². The number of halogens is 1. The van der Waals surface area contributed by atoms with Crippen molar-refractivity contribution in [2.45, 2.75) is 31.6 Å². The molecular formula is C16H18ClNO. The second-order valence-electron chi connectivity index (χ2n) is 5.23. The number of pyridine rings is 1. The third-order valence-electron chi connectivity index (χ3n) is 3.83. The summed E-state index contributed by atoms with van der Waals surface area (Å²) in [5.74, 6) is 1.85. The lowest BCUT2D eigenvalue weighted by Gasteiger charge is -2.13. The van der Waals surface area contributed by atoms with Crippen LogP contribution in [-0.2, 0) is 5.88 Å². The SMILES string of the molecule is ClCc1cc2ccccc2c(OCC2CCCC2)n1. The first-order valence-electron chi connectivity index (χ1n) is 6.94. The zero-order valence-corrected chi connectivity index (χ0v) is 11.7. The van der Waals surface area contributed by atoms with Crippen LogP contribution >= 0.6 is 11.6 Å². The van der Waals surface area contributed by atoms with Crippen LogP contribution in [0.3, 0.4) is 0 Å². The minimum Gasteiger partial charge on any atom is -0.477 e. The fourth-order valence-electron chi connectivity index (χ4n) is 2.77. The first kappa shape index (κ1) is 12.7. The van der Waals surface area contributed by atoms with Crippen LogP contribution in [0.15, 0.2) is 30.3 Å². The second kappa shape index (κ2) is 5.79. The van der Waals surface area contributed by atoms with E-state index in [9.17, 15) is 0 Å². The monoisotopic (exact) mass is 275 g/mol. The van der Waals surface area contributed by atoms with Gasteiger partial charge in [-0.3, -0.25) is 0 Å². The van der Waals surface area contributed by atoms with E-state index in [0.29, 0.717) is 11.8 Å². The van der Waals surface area contributed by atoms with Gasteiger partial charge in [0.05, 0.1) is 18.2 Å². The Morgan fingerprint density at radius 2 is 2.00 bits per heavy atom. The molecule has 1 aliphatic rings. The molecule has 1 heterocycles. The van der Waals surface area contributed by atoms with Gasteiger partial charge in [-0.2, -0.15) is 0 Å². The van der Waals surface area contributed by atoms with Crippen molar-refractivity contribution in [3.05, 3.63) is 36.0 Å². The lowest BCUT2D eigenvalue weighted by Crippen LogP contribution is -2.09. The molecule has 1 aromatic carbocycles. The summed E-state index contributed by atoms with van der Waals surface area (Å²) in [6, 6.07) is 10.2. The van der Waals surface area contributed by atoms with E-state index in [2.05, 4.69) is 17.1 Å². The van der Waals surface area contributed by atoms with Gasteiger partial charge in [-0.05, 0) is 36.3 Å². The highest BCUT2D eigenvalue weighted by Crippen LogP contribution is 2.28. The fraction of sp³-hybridized carbons (Fsp3) is 0.438. The Morgan fingerprint density at radius 3 is 2.79 bits per heavy atom. The molecule has 100 valence electrons. The predicted octanol–water partition coefficient (Wildman–Crippen LogP) is 4.54. The van der Waals surface area contributed by atoms with Crippen LogP contribution in [0.4, 0.5) is 0 Å². The Labute approximate surface area is 118 Å². The van der Waals surface area contributed by atoms with Crippen LogP contribution in [0.25, 0.3) is 10.8 Å². The van der Waals surface area contributed by atoms with Gasteiger partial charge in [0.1, 0.15) is 0 Å². The van der Waals surface area contributed by atoms with Crippen molar-refractivity contribution in [1.29, 1.82) is 0 Å². The Hall–Kier alpha value is -1.28. The highest BCUT2D eigenvalue weighted by Gasteiger charge is 2.16. The molecule has 2 aromatic rings. The average Bonchev–Trinajstić information content (AvgIpc) is 2.97. The summed E-state index contributed by atoms with van der Waals surface area (Å²) >= 11 is 5.91. The number of aromatic nitrogens is 1. The molecule has 0 unspecified atom stereocenters. The molecule has 3 rings (SSSR count). The molecule has 0 saturated heterocycles. The van der Waals surface area contributed by atoms with Crippen LogP contribution in [0.2, 0.25) is 0 Å². The number of benzene rings is 1. The van der Waals surface area contributed by atoms with Crippen molar-refractivity contribution >= 4 is 22.4 Å². The van der Waals surface area contributed by atoms with Gasteiger partial charge in [0.15, 0.2) is 0 Å². The Balaban J connectivity index is 1.87. The Morgan fingerprint density at radius 1 is 1.21 bits per heavy atom. The van der Waals surface area contributed by atoms with E-state index < -0.39 is 0 Å². The van der Waals surface area contributed by atoms with Gasteiger partial charge in [-0.1, -0.05) is 31.0 Å². The topological polar surface area (TPSA) is 22.1 Å². The molecule has 0 spiro atoms. The van der Waals surface area contributed by atoms with Gasteiger partial charge in [0.2, 0.25) is 5.88 Å². The van der Waals surface area contributed by atoms with Crippen molar-refractivity contribution in [2.75, 3.05) is 6.61 Å². The summed E-state index contributed by atoms with van der Waals surface area (Å²) in [6.45, 7) is 0.780. The highest BCUT2D eigenvalue weighted by molar-refractivity contribution is 6.17. The van der Waals surface area contributed by atoms with E-state index >= 15 is 0 Å². The largest absolute Gasteiger partial charge is 0.477 e. The second-order valence-corrected chi connectivity index (χ2v) is 5.50. The third-order valence-corrected chi connectivity index (χ3v) is 4.10. The maximum absolute atomic E-state index is 5.98.